The molecular weight excluding hydrogens is 290 g/mol. The third-order valence-electron chi connectivity index (χ3n) is 3.16. The predicted molar refractivity (Wildman–Crippen MR) is 83.3 cm³/mol. The van der Waals surface area contributed by atoms with Gasteiger partial charge in [0.05, 0.1) is 7.05 Å². The average Bonchev–Trinajstić information content (AvgIpc) is 2.40. The largest absolute Gasteiger partial charge is 0.335 e. The van der Waals surface area contributed by atoms with Gasteiger partial charge < -0.3 is 10.2 Å². The van der Waals surface area contributed by atoms with Crippen LogP contribution < -0.4 is 15.5 Å². The number of carbonyl (C=O) groups is 2. The van der Waals surface area contributed by atoms with E-state index in [1.165, 1.54) is 0 Å². The zero-order valence-electron chi connectivity index (χ0n) is 12.7. The highest BCUT2D eigenvalue weighted by atomic mass is 35.5. The molecule has 0 saturated carbocycles. The van der Waals surface area contributed by atoms with E-state index in [1.807, 2.05) is 45.2 Å². The Hall–Kier alpha value is -1.59. The van der Waals surface area contributed by atoms with Crippen LogP contribution in [0.25, 0.3) is 0 Å². The van der Waals surface area contributed by atoms with E-state index in [0.717, 1.165) is 16.9 Å². The zero-order chi connectivity index (χ0) is 15.8. The summed E-state index contributed by atoms with van der Waals surface area (Å²) in [6.07, 6.45) is 0.819. The molecule has 0 aliphatic rings. The maximum Gasteiger partial charge on any atom is 0.321 e. The Morgan fingerprint density at radius 3 is 2.62 bits per heavy atom. The lowest BCUT2D eigenvalue weighted by atomic mass is 10.2. The molecule has 1 rings (SSSR count). The number of rotatable bonds is 6. The molecule has 0 spiro atoms. The van der Waals surface area contributed by atoms with Crippen molar-refractivity contribution >= 4 is 23.5 Å². The molecule has 0 radical (unpaired) electrons. The second-order valence-electron chi connectivity index (χ2n) is 5.23. The minimum absolute atomic E-state index is 0.0472. The van der Waals surface area contributed by atoms with Crippen molar-refractivity contribution in [3.63, 3.8) is 0 Å². The van der Waals surface area contributed by atoms with Crippen LogP contribution in [-0.2, 0) is 11.3 Å². The van der Waals surface area contributed by atoms with E-state index in [-0.39, 0.29) is 18.5 Å². The molecule has 0 saturated heterocycles. The van der Waals surface area contributed by atoms with Gasteiger partial charge in [-0.25, -0.2) is 4.79 Å². The Bertz CT molecular complexity index is 494. The molecule has 3 amide bonds. The molecule has 5 nitrogen and oxygen atoms in total. The van der Waals surface area contributed by atoms with E-state index in [0.29, 0.717) is 11.6 Å². The van der Waals surface area contributed by atoms with Crippen molar-refractivity contribution in [2.45, 2.75) is 32.9 Å². The van der Waals surface area contributed by atoms with Crippen LogP contribution in [-0.4, -0.2) is 31.6 Å². The van der Waals surface area contributed by atoms with Crippen LogP contribution in [0.1, 0.15) is 25.8 Å². The highest BCUT2D eigenvalue weighted by Gasteiger charge is 2.15. The summed E-state index contributed by atoms with van der Waals surface area (Å²) in [5, 5.41) is 5.71. The summed E-state index contributed by atoms with van der Waals surface area (Å²) >= 11 is 6.08. The lowest BCUT2D eigenvalue weighted by Crippen LogP contribution is -3.09. The smallest absolute Gasteiger partial charge is 0.321 e. The second kappa shape index (κ2) is 8.64. The molecule has 2 atom stereocenters. The third-order valence-corrected chi connectivity index (χ3v) is 3.52. The molecule has 0 heterocycles. The summed E-state index contributed by atoms with van der Waals surface area (Å²) in [5.74, 6) is -0.305. The Labute approximate surface area is 130 Å². The Balaban J connectivity index is 2.40. The van der Waals surface area contributed by atoms with Crippen LogP contribution in [0.15, 0.2) is 24.3 Å². The second-order valence-corrected chi connectivity index (χ2v) is 5.64. The van der Waals surface area contributed by atoms with Gasteiger partial charge in [0, 0.05) is 16.6 Å². The zero-order valence-corrected chi connectivity index (χ0v) is 13.5. The van der Waals surface area contributed by atoms with Crippen molar-refractivity contribution < 1.29 is 14.5 Å². The molecule has 1 aromatic carbocycles. The van der Waals surface area contributed by atoms with Crippen LogP contribution >= 0.6 is 11.6 Å². The Kier molecular flexibility index (Phi) is 7.19. The van der Waals surface area contributed by atoms with Crippen LogP contribution in [0, 0.1) is 0 Å². The summed E-state index contributed by atoms with van der Waals surface area (Å²) in [5.41, 5.74) is 0.980. The highest BCUT2D eigenvalue weighted by Crippen LogP contribution is 2.13. The van der Waals surface area contributed by atoms with E-state index in [1.54, 1.807) is 0 Å². The average molecular weight is 313 g/mol. The monoisotopic (exact) mass is 312 g/mol. The Morgan fingerprint density at radius 1 is 1.33 bits per heavy atom. The van der Waals surface area contributed by atoms with Crippen molar-refractivity contribution in [1.82, 2.24) is 10.6 Å². The fourth-order valence-electron chi connectivity index (χ4n) is 1.84. The van der Waals surface area contributed by atoms with Crippen LogP contribution in [0.3, 0.4) is 0 Å². The fraction of sp³-hybridized carbons (Fsp3) is 0.467. The number of carbonyl (C=O) groups excluding carboxylic acids is 2. The molecule has 116 valence electrons. The number of urea groups is 1. The number of hydrogen-bond acceptors (Lipinski definition) is 2. The van der Waals surface area contributed by atoms with E-state index in [4.69, 9.17) is 11.6 Å². The molecule has 6 heteroatoms. The molecule has 0 fully saturated rings. The predicted octanol–water partition coefficient (Wildman–Crippen LogP) is 0.979. The minimum Gasteiger partial charge on any atom is -0.335 e. The van der Waals surface area contributed by atoms with Gasteiger partial charge in [-0.1, -0.05) is 36.7 Å². The summed E-state index contributed by atoms with van der Waals surface area (Å²) in [6.45, 7) is 4.69. The molecule has 0 aliphatic carbocycles. The first-order valence-electron chi connectivity index (χ1n) is 7.07. The first-order valence-corrected chi connectivity index (χ1v) is 7.45. The number of hydrogen-bond donors (Lipinski definition) is 3. The van der Waals surface area contributed by atoms with Crippen molar-refractivity contribution in [1.29, 1.82) is 0 Å². The van der Waals surface area contributed by atoms with E-state index in [2.05, 4.69) is 10.6 Å². The lowest BCUT2D eigenvalue weighted by Gasteiger charge is -2.15. The molecule has 0 aromatic heterocycles. The molecule has 3 N–H and O–H groups in total. The standard InChI is InChI=1S/C15H22ClN3O2/c1-4-11(2)17-15(21)18-14(20)10-19(3)9-12-7-5-6-8-13(12)16/h5-8,11H,4,9-10H2,1-3H3,(H2,17,18,20,21)/p+1/t11-/m0/s1. The SMILES string of the molecule is CC[C@H](C)NC(=O)NC(=O)C[NH+](C)Cc1ccccc1Cl. The highest BCUT2D eigenvalue weighted by molar-refractivity contribution is 6.31. The first-order chi connectivity index (χ1) is 9.92. The number of quaternary nitrogens is 1. The summed E-state index contributed by atoms with van der Waals surface area (Å²) in [4.78, 5) is 24.3. The number of benzene rings is 1. The molecule has 21 heavy (non-hydrogen) atoms. The molecule has 0 bridgehead atoms. The first kappa shape index (κ1) is 17.5. The number of likely N-dealkylation sites (N-methyl/N-ethyl adjacent to an activating group) is 1. The topological polar surface area (TPSA) is 62.6 Å². The van der Waals surface area contributed by atoms with Gasteiger partial charge in [0.1, 0.15) is 6.54 Å². The van der Waals surface area contributed by atoms with Crippen molar-refractivity contribution in [2.24, 2.45) is 0 Å². The molecule has 0 aliphatic heterocycles. The number of amides is 3. The van der Waals surface area contributed by atoms with Crippen molar-refractivity contribution in [3.05, 3.63) is 34.9 Å². The van der Waals surface area contributed by atoms with Crippen LogP contribution in [0.2, 0.25) is 5.02 Å². The van der Waals surface area contributed by atoms with Gasteiger partial charge in [-0.2, -0.15) is 0 Å². The summed E-state index contributed by atoms with van der Waals surface area (Å²) in [7, 11) is 1.88. The van der Waals surface area contributed by atoms with Crippen LogP contribution in [0.5, 0.6) is 0 Å². The van der Waals surface area contributed by atoms with Gasteiger partial charge >= 0.3 is 6.03 Å². The van der Waals surface area contributed by atoms with Gasteiger partial charge in [-0.05, 0) is 19.4 Å². The van der Waals surface area contributed by atoms with Crippen LogP contribution in [0.4, 0.5) is 4.79 Å². The van der Waals surface area contributed by atoms with Crippen molar-refractivity contribution in [3.8, 4) is 0 Å². The lowest BCUT2D eigenvalue weighted by molar-refractivity contribution is -0.885. The maximum atomic E-state index is 11.8. The quantitative estimate of drug-likeness (QED) is 0.733. The number of imide groups is 1. The van der Waals surface area contributed by atoms with Gasteiger partial charge in [0.25, 0.3) is 5.91 Å². The number of nitrogens with one attached hydrogen (secondary N) is 3. The van der Waals surface area contributed by atoms with Gasteiger partial charge in [0.15, 0.2) is 6.54 Å². The maximum absolute atomic E-state index is 11.8. The van der Waals surface area contributed by atoms with Gasteiger partial charge in [0.2, 0.25) is 0 Å². The minimum atomic E-state index is -0.445. The van der Waals surface area contributed by atoms with Crippen molar-refractivity contribution in [2.75, 3.05) is 13.6 Å². The molecule has 1 aromatic rings. The summed E-state index contributed by atoms with van der Waals surface area (Å²) < 4.78 is 0. The third kappa shape index (κ3) is 6.60. The number of halogens is 1. The summed E-state index contributed by atoms with van der Waals surface area (Å²) in [6, 6.07) is 7.13. The fourth-order valence-corrected chi connectivity index (χ4v) is 2.04. The van der Waals surface area contributed by atoms with Gasteiger partial charge in [-0.3, -0.25) is 10.1 Å². The van der Waals surface area contributed by atoms with E-state index >= 15 is 0 Å². The van der Waals surface area contributed by atoms with Gasteiger partial charge in [-0.15, -0.1) is 0 Å². The normalized spacial score (nSPS) is 13.3. The Morgan fingerprint density at radius 2 is 2.00 bits per heavy atom. The molecular formula is C15H23ClN3O2+. The van der Waals surface area contributed by atoms with E-state index in [9.17, 15) is 9.59 Å². The van der Waals surface area contributed by atoms with E-state index < -0.39 is 6.03 Å². The molecule has 1 unspecified atom stereocenters.